The number of aliphatic carboxylic acids is 2. The molecule has 0 fully saturated rings. The zero-order valence-electron chi connectivity index (χ0n) is 8.33. The summed E-state index contributed by atoms with van der Waals surface area (Å²) in [6.45, 7) is 2.63. The van der Waals surface area contributed by atoms with E-state index in [2.05, 4.69) is 0 Å². The van der Waals surface area contributed by atoms with Crippen LogP contribution in [0.5, 0.6) is 0 Å². The van der Waals surface area contributed by atoms with Gasteiger partial charge in [-0.1, -0.05) is 0 Å². The Morgan fingerprint density at radius 2 is 2.13 bits per heavy atom. The summed E-state index contributed by atoms with van der Waals surface area (Å²) in [7, 11) is 0. The first kappa shape index (κ1) is 11.2. The number of carbonyl (C=O) groups is 2. The van der Waals surface area contributed by atoms with Crippen molar-refractivity contribution in [2.45, 2.75) is 25.9 Å². The van der Waals surface area contributed by atoms with Gasteiger partial charge in [-0.25, -0.2) is 13.9 Å². The van der Waals surface area contributed by atoms with Crippen LogP contribution < -0.4 is 4.57 Å². The second-order valence-electron chi connectivity index (χ2n) is 3.14. The SMILES string of the molecule is CC[n+]1ccn(C(CC(=O)O)C(=O)O)c1. The van der Waals surface area contributed by atoms with Crippen LogP contribution in [-0.2, 0) is 16.1 Å². The Morgan fingerprint density at radius 1 is 1.47 bits per heavy atom. The Hall–Kier alpha value is -1.85. The summed E-state index contributed by atoms with van der Waals surface area (Å²) in [5.41, 5.74) is 0. The molecule has 0 aliphatic heterocycles. The Morgan fingerprint density at radius 3 is 2.53 bits per heavy atom. The Kier molecular flexibility index (Phi) is 3.43. The van der Waals surface area contributed by atoms with Gasteiger partial charge < -0.3 is 10.2 Å². The lowest BCUT2D eigenvalue weighted by atomic mass is 10.2. The lowest BCUT2D eigenvalue weighted by molar-refractivity contribution is -0.693. The number of hydrogen-bond acceptors (Lipinski definition) is 2. The molecule has 15 heavy (non-hydrogen) atoms. The molecule has 0 amide bonds. The summed E-state index contributed by atoms with van der Waals surface area (Å²) in [5.74, 6) is -2.27. The van der Waals surface area contributed by atoms with E-state index < -0.39 is 24.4 Å². The zero-order chi connectivity index (χ0) is 11.4. The predicted octanol–water partition coefficient (Wildman–Crippen LogP) is -0.104. The van der Waals surface area contributed by atoms with E-state index in [0.717, 1.165) is 0 Å². The van der Waals surface area contributed by atoms with E-state index in [0.29, 0.717) is 6.54 Å². The van der Waals surface area contributed by atoms with Crippen molar-refractivity contribution in [3.63, 3.8) is 0 Å². The number of aromatic nitrogens is 2. The van der Waals surface area contributed by atoms with E-state index in [-0.39, 0.29) is 0 Å². The largest absolute Gasteiger partial charge is 0.481 e. The molecule has 0 aliphatic rings. The highest BCUT2D eigenvalue weighted by Crippen LogP contribution is 2.10. The van der Waals surface area contributed by atoms with Gasteiger partial charge >= 0.3 is 11.9 Å². The lowest BCUT2D eigenvalue weighted by Gasteiger charge is -2.04. The van der Waals surface area contributed by atoms with Crippen molar-refractivity contribution < 1.29 is 24.4 Å². The van der Waals surface area contributed by atoms with Gasteiger partial charge in [0.25, 0.3) is 0 Å². The summed E-state index contributed by atoms with van der Waals surface area (Å²) in [4.78, 5) is 21.3. The van der Waals surface area contributed by atoms with E-state index in [1.54, 1.807) is 23.3 Å². The average Bonchev–Trinajstić information content (AvgIpc) is 2.61. The fourth-order valence-electron chi connectivity index (χ4n) is 1.27. The molecule has 2 N–H and O–H groups in total. The smallest absolute Gasteiger partial charge is 0.349 e. The number of carboxylic acids is 2. The molecule has 1 aromatic heterocycles. The highest BCUT2D eigenvalue weighted by molar-refractivity contribution is 5.79. The van der Waals surface area contributed by atoms with Crippen molar-refractivity contribution in [2.75, 3.05) is 0 Å². The molecule has 0 aliphatic carbocycles. The van der Waals surface area contributed by atoms with Crippen LogP contribution >= 0.6 is 0 Å². The van der Waals surface area contributed by atoms with Crippen LogP contribution in [0.1, 0.15) is 19.4 Å². The van der Waals surface area contributed by atoms with Crippen molar-refractivity contribution in [3.05, 3.63) is 18.7 Å². The number of rotatable bonds is 5. The Balaban J connectivity index is 2.88. The molecule has 6 nitrogen and oxygen atoms in total. The van der Waals surface area contributed by atoms with E-state index in [9.17, 15) is 9.59 Å². The van der Waals surface area contributed by atoms with Crippen LogP contribution in [0.4, 0.5) is 0 Å². The van der Waals surface area contributed by atoms with Crippen LogP contribution in [0.15, 0.2) is 18.7 Å². The first-order chi connectivity index (χ1) is 7.04. The minimum Gasteiger partial charge on any atom is -0.481 e. The fraction of sp³-hybridized carbons (Fsp3) is 0.444. The summed E-state index contributed by atoms with van der Waals surface area (Å²) in [6.07, 6.45) is 4.43. The molecule has 1 rings (SSSR count). The van der Waals surface area contributed by atoms with E-state index >= 15 is 0 Å². The molecule has 82 valence electrons. The highest BCUT2D eigenvalue weighted by atomic mass is 16.4. The van der Waals surface area contributed by atoms with Crippen molar-refractivity contribution in [2.24, 2.45) is 0 Å². The van der Waals surface area contributed by atoms with Gasteiger partial charge in [0.15, 0.2) is 0 Å². The number of nitrogens with zero attached hydrogens (tertiary/aromatic N) is 2. The van der Waals surface area contributed by atoms with Crippen molar-refractivity contribution in [1.29, 1.82) is 0 Å². The molecule has 0 bridgehead atoms. The highest BCUT2D eigenvalue weighted by Gasteiger charge is 2.27. The van der Waals surface area contributed by atoms with E-state index in [1.165, 1.54) is 4.57 Å². The number of carboxylic acid groups (broad SMARTS) is 2. The molecule has 1 aromatic rings. The van der Waals surface area contributed by atoms with Crippen molar-refractivity contribution >= 4 is 11.9 Å². The minimum atomic E-state index is -1.14. The zero-order valence-corrected chi connectivity index (χ0v) is 8.33. The van der Waals surface area contributed by atoms with Crippen molar-refractivity contribution in [3.8, 4) is 0 Å². The van der Waals surface area contributed by atoms with Gasteiger partial charge in [-0.2, -0.15) is 0 Å². The monoisotopic (exact) mass is 213 g/mol. The summed E-state index contributed by atoms with van der Waals surface area (Å²) in [5, 5.41) is 17.4. The predicted molar refractivity (Wildman–Crippen MR) is 49.2 cm³/mol. The molecule has 1 atom stereocenters. The second-order valence-corrected chi connectivity index (χ2v) is 3.14. The minimum absolute atomic E-state index is 0.423. The normalized spacial score (nSPS) is 12.3. The molecule has 0 saturated heterocycles. The van der Waals surface area contributed by atoms with Crippen LogP contribution in [0.3, 0.4) is 0 Å². The van der Waals surface area contributed by atoms with Crippen LogP contribution in [-0.4, -0.2) is 26.7 Å². The van der Waals surface area contributed by atoms with Gasteiger partial charge in [0.2, 0.25) is 12.4 Å². The van der Waals surface area contributed by atoms with Gasteiger partial charge in [0, 0.05) is 0 Å². The number of aryl methyl sites for hydroxylation is 1. The summed E-state index contributed by atoms with van der Waals surface area (Å²) < 4.78 is 3.16. The Labute approximate surface area is 86.4 Å². The van der Waals surface area contributed by atoms with Crippen molar-refractivity contribution in [1.82, 2.24) is 4.57 Å². The molecular weight excluding hydrogens is 200 g/mol. The molecule has 0 aromatic carbocycles. The molecule has 1 heterocycles. The van der Waals surface area contributed by atoms with Gasteiger partial charge in [0.05, 0.1) is 13.0 Å². The first-order valence-electron chi connectivity index (χ1n) is 4.55. The van der Waals surface area contributed by atoms with Gasteiger partial charge in [-0.3, -0.25) is 4.79 Å². The maximum atomic E-state index is 10.8. The van der Waals surface area contributed by atoms with Gasteiger partial charge in [-0.05, 0) is 6.92 Å². The molecule has 0 radical (unpaired) electrons. The van der Waals surface area contributed by atoms with E-state index in [4.69, 9.17) is 10.2 Å². The molecular formula is C9H13N2O4+. The van der Waals surface area contributed by atoms with Gasteiger partial charge in [-0.15, -0.1) is 0 Å². The van der Waals surface area contributed by atoms with Crippen LogP contribution in [0.25, 0.3) is 0 Å². The van der Waals surface area contributed by atoms with Gasteiger partial charge in [0.1, 0.15) is 12.4 Å². The summed E-state index contributed by atoms with van der Waals surface area (Å²) >= 11 is 0. The van der Waals surface area contributed by atoms with E-state index in [1.807, 2.05) is 6.92 Å². The van der Waals surface area contributed by atoms with Crippen LogP contribution in [0, 0.1) is 0 Å². The third-order valence-corrected chi connectivity index (χ3v) is 2.09. The first-order valence-corrected chi connectivity index (χ1v) is 4.55. The quantitative estimate of drug-likeness (QED) is 0.669. The summed E-state index contributed by atoms with van der Waals surface area (Å²) in [6, 6.07) is -1.05. The molecule has 1 unspecified atom stereocenters. The third-order valence-electron chi connectivity index (χ3n) is 2.09. The maximum absolute atomic E-state index is 10.8. The topological polar surface area (TPSA) is 83.4 Å². The number of hydrogen-bond donors (Lipinski definition) is 2. The maximum Gasteiger partial charge on any atom is 0.349 e. The third kappa shape index (κ3) is 2.80. The average molecular weight is 213 g/mol. The lowest BCUT2D eigenvalue weighted by Crippen LogP contribution is -2.30. The fourth-order valence-corrected chi connectivity index (χ4v) is 1.27. The molecule has 0 spiro atoms. The second kappa shape index (κ2) is 4.59. The molecule has 0 saturated carbocycles. The van der Waals surface area contributed by atoms with Crippen LogP contribution in [0.2, 0.25) is 0 Å². The number of imidazole rings is 1. The standard InChI is InChI=1S/C9H12N2O4/c1-2-10-3-4-11(6-10)7(9(14)15)5-8(12)13/h3-4,6-7H,2,5H2,1H3,(H-,12,13,14,15)/p+1. The Bertz CT molecular complexity index is 372. The molecule has 6 heteroatoms.